The largest absolute Gasteiger partial charge is 0.464 e. The highest BCUT2D eigenvalue weighted by Gasteiger charge is 2.76. The van der Waals surface area contributed by atoms with E-state index in [9.17, 15) is 40.3 Å². The zero-order chi connectivity index (χ0) is 17.1. The van der Waals surface area contributed by atoms with Crippen LogP contribution in [0.4, 0.5) is 30.7 Å². The number of rotatable bonds is 6. The average molecular weight is 327 g/mol. The first-order valence-electron chi connectivity index (χ1n) is 5.59. The summed E-state index contributed by atoms with van der Waals surface area (Å²) in [4.78, 5) is 22.0. The Hall–Kier alpha value is -1.55. The molecule has 0 spiro atoms. The van der Waals surface area contributed by atoms with Crippen LogP contribution in [0.2, 0.25) is 0 Å². The normalized spacial score (nSPS) is 14.5. The standard InChI is InChI=1S/C10H12F7NO3/c1-3-4-21-6(19)5(2)18-7(20)8(11,12)9(13,14)10(15,16)17/h5H,3-4H2,1-2H3,(H,18,20)/t5-/m1/s1. The van der Waals surface area contributed by atoms with Crippen LogP contribution in [-0.4, -0.2) is 42.5 Å². The van der Waals surface area contributed by atoms with Crippen molar-refractivity contribution in [2.45, 2.75) is 44.3 Å². The summed E-state index contributed by atoms with van der Waals surface area (Å²) in [5.41, 5.74) is 0. The van der Waals surface area contributed by atoms with Gasteiger partial charge in [-0.1, -0.05) is 6.92 Å². The third kappa shape index (κ3) is 4.21. The van der Waals surface area contributed by atoms with Crippen molar-refractivity contribution in [2.75, 3.05) is 6.61 Å². The summed E-state index contributed by atoms with van der Waals surface area (Å²) in [6.07, 6.45) is -6.27. The van der Waals surface area contributed by atoms with Crippen molar-refractivity contribution in [3.8, 4) is 0 Å². The van der Waals surface area contributed by atoms with Crippen molar-refractivity contribution >= 4 is 11.9 Å². The second-order valence-corrected chi connectivity index (χ2v) is 4.01. The molecule has 1 atom stereocenters. The summed E-state index contributed by atoms with van der Waals surface area (Å²) < 4.78 is 90.9. The molecule has 1 amide bonds. The molecule has 0 fully saturated rings. The molecular formula is C10H12F7NO3. The maximum atomic E-state index is 12.9. The maximum Gasteiger partial charge on any atom is 0.460 e. The van der Waals surface area contributed by atoms with Gasteiger partial charge in [0.2, 0.25) is 0 Å². The van der Waals surface area contributed by atoms with Gasteiger partial charge in [-0.25, -0.2) is 4.79 Å². The minimum absolute atomic E-state index is 0.131. The van der Waals surface area contributed by atoms with Gasteiger partial charge >= 0.3 is 24.0 Å². The van der Waals surface area contributed by atoms with Gasteiger partial charge in [-0.2, -0.15) is 30.7 Å². The number of hydrogen-bond donors (Lipinski definition) is 1. The van der Waals surface area contributed by atoms with E-state index in [1.54, 1.807) is 6.92 Å². The number of hydrogen-bond acceptors (Lipinski definition) is 3. The van der Waals surface area contributed by atoms with E-state index in [1.807, 2.05) is 0 Å². The first-order chi connectivity index (χ1) is 9.29. The fourth-order valence-corrected chi connectivity index (χ4v) is 0.994. The van der Waals surface area contributed by atoms with Gasteiger partial charge in [0, 0.05) is 0 Å². The van der Waals surface area contributed by atoms with Crippen LogP contribution >= 0.6 is 0 Å². The molecule has 0 rings (SSSR count). The summed E-state index contributed by atoms with van der Waals surface area (Å²) in [6, 6.07) is -1.81. The highest BCUT2D eigenvalue weighted by Crippen LogP contribution is 2.46. The Morgan fingerprint density at radius 3 is 1.95 bits per heavy atom. The molecule has 0 aromatic rings. The van der Waals surface area contributed by atoms with Crippen LogP contribution in [0.15, 0.2) is 0 Å². The third-order valence-corrected chi connectivity index (χ3v) is 2.19. The molecule has 124 valence electrons. The van der Waals surface area contributed by atoms with E-state index in [2.05, 4.69) is 4.74 Å². The number of carbonyl (C=O) groups excluding carboxylic acids is 2. The van der Waals surface area contributed by atoms with E-state index in [1.165, 1.54) is 0 Å². The lowest BCUT2D eigenvalue weighted by Crippen LogP contribution is -2.61. The fraction of sp³-hybridized carbons (Fsp3) is 0.800. The molecule has 0 aromatic carbocycles. The van der Waals surface area contributed by atoms with Crippen molar-refractivity contribution in [2.24, 2.45) is 0 Å². The van der Waals surface area contributed by atoms with Crippen LogP contribution in [0.1, 0.15) is 20.3 Å². The van der Waals surface area contributed by atoms with Gasteiger partial charge in [-0.05, 0) is 13.3 Å². The van der Waals surface area contributed by atoms with E-state index >= 15 is 0 Å². The Morgan fingerprint density at radius 1 is 1.10 bits per heavy atom. The summed E-state index contributed by atoms with van der Waals surface area (Å²) in [7, 11) is 0. The van der Waals surface area contributed by atoms with Crippen LogP contribution in [0.5, 0.6) is 0 Å². The van der Waals surface area contributed by atoms with Gasteiger partial charge in [0.1, 0.15) is 6.04 Å². The van der Waals surface area contributed by atoms with Gasteiger partial charge in [-0.3, -0.25) is 4.79 Å². The molecule has 11 heteroatoms. The van der Waals surface area contributed by atoms with E-state index in [-0.39, 0.29) is 6.61 Å². The van der Waals surface area contributed by atoms with Gasteiger partial charge in [0.25, 0.3) is 5.91 Å². The van der Waals surface area contributed by atoms with Gasteiger partial charge in [-0.15, -0.1) is 0 Å². The lowest BCUT2D eigenvalue weighted by Gasteiger charge is -2.27. The van der Waals surface area contributed by atoms with Gasteiger partial charge in [0.05, 0.1) is 6.61 Å². The second-order valence-electron chi connectivity index (χ2n) is 4.01. The quantitative estimate of drug-likeness (QED) is 0.601. The van der Waals surface area contributed by atoms with E-state index in [0.717, 1.165) is 12.2 Å². The van der Waals surface area contributed by atoms with E-state index in [0.29, 0.717) is 6.42 Å². The number of nitrogens with one attached hydrogen (secondary N) is 1. The molecule has 0 aliphatic heterocycles. The second kappa shape index (κ2) is 6.48. The SMILES string of the molecule is CCCOC(=O)[C@@H](C)NC(=O)C(F)(F)C(F)(F)C(F)(F)F. The maximum absolute atomic E-state index is 12.9. The number of amides is 1. The smallest absolute Gasteiger partial charge is 0.460 e. The van der Waals surface area contributed by atoms with Gasteiger partial charge in [0.15, 0.2) is 0 Å². The third-order valence-electron chi connectivity index (χ3n) is 2.19. The van der Waals surface area contributed by atoms with Crippen LogP contribution in [-0.2, 0) is 14.3 Å². The molecule has 21 heavy (non-hydrogen) atoms. The number of alkyl halides is 7. The number of ether oxygens (including phenoxy) is 1. The fourth-order valence-electron chi connectivity index (χ4n) is 0.994. The average Bonchev–Trinajstić information content (AvgIpc) is 2.33. The summed E-state index contributed by atoms with van der Waals surface area (Å²) in [5, 5.41) is 1.06. The molecule has 0 radical (unpaired) electrons. The summed E-state index contributed by atoms with van der Waals surface area (Å²) in [6.45, 7) is 2.26. The van der Waals surface area contributed by atoms with Crippen molar-refractivity contribution in [3.05, 3.63) is 0 Å². The Bertz CT molecular complexity index is 395. The van der Waals surface area contributed by atoms with Crippen molar-refractivity contribution in [1.29, 1.82) is 0 Å². The Labute approximate surface area is 114 Å². The Kier molecular flexibility index (Phi) is 6.00. The molecule has 0 aliphatic rings. The lowest BCUT2D eigenvalue weighted by atomic mass is 10.1. The summed E-state index contributed by atoms with van der Waals surface area (Å²) in [5.74, 6) is -16.8. The highest BCUT2D eigenvalue weighted by atomic mass is 19.4. The van der Waals surface area contributed by atoms with E-state index in [4.69, 9.17) is 0 Å². The topological polar surface area (TPSA) is 55.4 Å². The molecule has 0 heterocycles. The molecular weight excluding hydrogens is 315 g/mol. The molecule has 0 saturated heterocycles. The number of halogens is 7. The zero-order valence-corrected chi connectivity index (χ0v) is 10.9. The predicted molar refractivity (Wildman–Crippen MR) is 54.8 cm³/mol. The monoisotopic (exact) mass is 327 g/mol. The highest BCUT2D eigenvalue weighted by molar-refractivity contribution is 5.89. The molecule has 0 unspecified atom stereocenters. The van der Waals surface area contributed by atoms with Gasteiger partial charge < -0.3 is 10.1 Å². The van der Waals surface area contributed by atoms with Crippen LogP contribution in [0.25, 0.3) is 0 Å². The van der Waals surface area contributed by atoms with E-state index < -0.39 is 35.9 Å². The van der Waals surface area contributed by atoms with Crippen molar-refractivity contribution in [3.63, 3.8) is 0 Å². The molecule has 0 aromatic heterocycles. The molecule has 0 bridgehead atoms. The molecule has 4 nitrogen and oxygen atoms in total. The Balaban J connectivity index is 4.97. The van der Waals surface area contributed by atoms with Crippen LogP contribution in [0.3, 0.4) is 0 Å². The number of carbonyl (C=O) groups is 2. The zero-order valence-electron chi connectivity index (χ0n) is 10.9. The number of esters is 1. The minimum atomic E-state index is -6.63. The van der Waals surface area contributed by atoms with Crippen molar-refractivity contribution in [1.82, 2.24) is 5.32 Å². The Morgan fingerprint density at radius 2 is 1.57 bits per heavy atom. The van der Waals surface area contributed by atoms with Crippen LogP contribution in [0, 0.1) is 0 Å². The first-order valence-corrected chi connectivity index (χ1v) is 5.59. The lowest BCUT2D eigenvalue weighted by molar-refractivity contribution is -0.344. The summed E-state index contributed by atoms with van der Waals surface area (Å²) >= 11 is 0. The molecule has 0 aliphatic carbocycles. The molecule has 0 saturated carbocycles. The van der Waals surface area contributed by atoms with Crippen molar-refractivity contribution < 1.29 is 45.1 Å². The van der Waals surface area contributed by atoms with Crippen LogP contribution < -0.4 is 5.32 Å². The predicted octanol–water partition coefficient (Wildman–Crippen LogP) is 2.28. The molecule has 1 N–H and O–H groups in total. The minimum Gasteiger partial charge on any atom is -0.464 e. The first kappa shape index (κ1) is 19.4.